The minimum Gasteiger partial charge on any atom is -0.382 e. The molecule has 5 N–H and O–H groups in total. The first-order valence-electron chi connectivity index (χ1n) is 11.3. The van der Waals surface area contributed by atoms with Crippen LogP contribution in [-0.2, 0) is 11.3 Å². The maximum absolute atomic E-state index is 15.9. The summed E-state index contributed by atoms with van der Waals surface area (Å²) < 4.78 is 23.1. The van der Waals surface area contributed by atoms with Crippen molar-refractivity contribution in [2.75, 3.05) is 37.4 Å². The third kappa shape index (κ3) is 4.41. The lowest BCUT2D eigenvalue weighted by atomic mass is 9.92. The van der Waals surface area contributed by atoms with Gasteiger partial charge >= 0.3 is 6.03 Å². The van der Waals surface area contributed by atoms with Crippen molar-refractivity contribution in [1.29, 1.82) is 0 Å². The van der Waals surface area contributed by atoms with Gasteiger partial charge in [-0.2, -0.15) is 5.10 Å². The maximum Gasteiger partial charge on any atom is 0.316 e. The number of aryl methyl sites for hydroxylation is 1. The minimum atomic E-state index is -0.841. The van der Waals surface area contributed by atoms with Crippen LogP contribution in [-0.4, -0.2) is 51.8 Å². The Kier molecular flexibility index (Phi) is 6.06. The topological polar surface area (TPSA) is 124 Å². The summed E-state index contributed by atoms with van der Waals surface area (Å²) in [7, 11) is 0. The van der Waals surface area contributed by atoms with Crippen LogP contribution in [0.4, 0.5) is 20.7 Å². The fourth-order valence-electron chi connectivity index (χ4n) is 4.55. The van der Waals surface area contributed by atoms with Crippen molar-refractivity contribution in [3.05, 3.63) is 65.9 Å². The van der Waals surface area contributed by atoms with Crippen LogP contribution in [0.2, 0.25) is 0 Å². The Balaban J connectivity index is 1.73. The first-order chi connectivity index (χ1) is 16.9. The number of carbonyl (C=O) groups is 1. The van der Waals surface area contributed by atoms with E-state index in [0.29, 0.717) is 47.5 Å². The van der Waals surface area contributed by atoms with Crippen molar-refractivity contribution < 1.29 is 13.9 Å². The van der Waals surface area contributed by atoms with Gasteiger partial charge in [0.15, 0.2) is 11.6 Å². The Morgan fingerprint density at radius 1 is 1.17 bits per heavy atom. The predicted molar refractivity (Wildman–Crippen MR) is 132 cm³/mol. The van der Waals surface area contributed by atoms with Crippen molar-refractivity contribution >= 4 is 23.1 Å². The number of nitrogens with zero attached hydrogens (tertiary/aromatic N) is 4. The number of aromatic nitrogens is 3. The van der Waals surface area contributed by atoms with Crippen molar-refractivity contribution in [3.63, 3.8) is 0 Å². The highest BCUT2D eigenvalue weighted by molar-refractivity contribution is 5.98. The van der Waals surface area contributed by atoms with Gasteiger partial charge in [0.1, 0.15) is 11.8 Å². The first-order valence-corrected chi connectivity index (χ1v) is 11.3. The summed E-state index contributed by atoms with van der Waals surface area (Å²) in [6.07, 6.45) is 1.41. The minimum absolute atomic E-state index is 0.000895. The third-order valence-electron chi connectivity index (χ3n) is 6.14. The number of benzene rings is 2. The van der Waals surface area contributed by atoms with E-state index in [-0.39, 0.29) is 11.5 Å². The Morgan fingerprint density at radius 3 is 2.71 bits per heavy atom. The molecule has 0 atom stereocenters. The van der Waals surface area contributed by atoms with E-state index in [0.717, 1.165) is 24.3 Å². The number of nitrogens with two attached hydrogens (primary N) is 2. The van der Waals surface area contributed by atoms with Crippen LogP contribution in [0.3, 0.4) is 0 Å². The number of ether oxygens (including phenoxy) is 1. The Hall–Kier alpha value is -4.02. The van der Waals surface area contributed by atoms with E-state index in [9.17, 15) is 4.79 Å². The maximum atomic E-state index is 15.9. The molecule has 35 heavy (non-hydrogen) atoms. The molecule has 1 aliphatic rings. The van der Waals surface area contributed by atoms with Gasteiger partial charge in [-0.3, -0.25) is 4.90 Å². The summed E-state index contributed by atoms with van der Waals surface area (Å²) in [5.74, 6) is -0.297. The number of rotatable bonds is 5. The predicted octanol–water partition coefficient (Wildman–Crippen LogP) is 3.42. The van der Waals surface area contributed by atoms with Gasteiger partial charge in [0, 0.05) is 30.8 Å². The van der Waals surface area contributed by atoms with Crippen LogP contribution >= 0.6 is 0 Å². The van der Waals surface area contributed by atoms with E-state index in [1.807, 2.05) is 37.3 Å². The molecule has 2 amide bonds. The summed E-state index contributed by atoms with van der Waals surface area (Å²) in [6.45, 7) is 5.52. The molecule has 0 radical (unpaired) electrons. The summed E-state index contributed by atoms with van der Waals surface area (Å²) in [5, 5.41) is 6.83. The number of hydrogen-bond donors (Lipinski definition) is 3. The number of fused-ring (bicyclic) bond motifs is 1. The van der Waals surface area contributed by atoms with Crippen LogP contribution in [0.1, 0.15) is 11.3 Å². The summed E-state index contributed by atoms with van der Waals surface area (Å²) in [4.78, 5) is 18.0. The number of nitrogen functional groups attached to an aromatic ring is 1. The number of anilines is 2. The number of nitrogens with one attached hydrogen (secondary N) is 1. The van der Waals surface area contributed by atoms with Crippen molar-refractivity contribution in [2.24, 2.45) is 5.73 Å². The summed E-state index contributed by atoms with van der Waals surface area (Å²) in [6, 6.07) is 11.9. The molecule has 0 spiro atoms. The van der Waals surface area contributed by atoms with Crippen molar-refractivity contribution in [1.82, 2.24) is 19.5 Å². The molecule has 1 fully saturated rings. The third-order valence-corrected chi connectivity index (χ3v) is 6.14. The normalized spacial score (nSPS) is 14.3. The van der Waals surface area contributed by atoms with Gasteiger partial charge in [0.2, 0.25) is 0 Å². The van der Waals surface area contributed by atoms with Crippen LogP contribution in [0.15, 0.2) is 48.8 Å². The monoisotopic (exact) mass is 475 g/mol. The Labute approximate surface area is 201 Å². The SMILES string of the molecule is Cc1cccc(-c2c(-c3cc(CN4CCOCC4)n4ncnc(N)c34)ccc(NC(N)=O)c2F)c1. The number of urea groups is 1. The van der Waals surface area contributed by atoms with Gasteiger partial charge in [-0.05, 0) is 30.2 Å². The number of primary amides is 1. The lowest BCUT2D eigenvalue weighted by molar-refractivity contribution is 0.0334. The first kappa shape index (κ1) is 22.8. The molecule has 0 saturated carbocycles. The Bertz CT molecular complexity index is 1410. The number of halogens is 1. The highest BCUT2D eigenvalue weighted by atomic mass is 19.1. The standard InChI is InChI=1S/C25H26FN7O2/c1-15-3-2-4-16(11-15)21-18(5-6-20(22(21)26)31-25(28)34)19-12-17(13-32-7-9-35-10-8-32)33-23(19)24(27)29-14-30-33/h2-6,11-12,14H,7-10,13H2,1H3,(H2,27,29,30)(H3,28,31,34). The summed E-state index contributed by atoms with van der Waals surface area (Å²) in [5.41, 5.74) is 16.4. The van der Waals surface area contributed by atoms with Crippen LogP contribution in [0, 0.1) is 12.7 Å². The quantitative estimate of drug-likeness (QED) is 0.406. The molecule has 4 aromatic rings. The zero-order valence-corrected chi connectivity index (χ0v) is 19.3. The van der Waals surface area contributed by atoms with Gasteiger partial charge < -0.3 is 21.5 Å². The van der Waals surface area contributed by atoms with E-state index < -0.39 is 11.8 Å². The van der Waals surface area contributed by atoms with Crippen molar-refractivity contribution in [3.8, 4) is 22.3 Å². The molecule has 0 bridgehead atoms. The highest BCUT2D eigenvalue weighted by Gasteiger charge is 2.23. The molecule has 2 aromatic carbocycles. The van der Waals surface area contributed by atoms with Gasteiger partial charge in [0.05, 0.1) is 24.6 Å². The van der Waals surface area contributed by atoms with Gasteiger partial charge in [0.25, 0.3) is 0 Å². The molecule has 5 rings (SSSR count). The molecule has 2 aromatic heterocycles. The Morgan fingerprint density at radius 2 is 1.97 bits per heavy atom. The van der Waals surface area contributed by atoms with Crippen LogP contribution < -0.4 is 16.8 Å². The number of carbonyl (C=O) groups excluding carboxylic acids is 1. The number of amides is 2. The number of morpholine rings is 1. The molecule has 3 heterocycles. The highest BCUT2D eigenvalue weighted by Crippen LogP contribution is 2.41. The molecule has 1 aliphatic heterocycles. The van der Waals surface area contributed by atoms with Gasteiger partial charge in [-0.25, -0.2) is 18.7 Å². The molecule has 180 valence electrons. The van der Waals surface area contributed by atoms with E-state index >= 15 is 4.39 Å². The van der Waals surface area contributed by atoms with Crippen LogP contribution in [0.5, 0.6) is 0 Å². The second kappa shape index (κ2) is 9.32. The van der Waals surface area contributed by atoms with Gasteiger partial charge in [-0.1, -0.05) is 35.9 Å². The summed E-state index contributed by atoms with van der Waals surface area (Å²) >= 11 is 0. The second-order valence-electron chi connectivity index (χ2n) is 8.55. The molecule has 9 nitrogen and oxygen atoms in total. The molecule has 10 heteroatoms. The lowest BCUT2D eigenvalue weighted by Crippen LogP contribution is -2.36. The fraction of sp³-hybridized carbons (Fsp3) is 0.240. The van der Waals surface area contributed by atoms with E-state index in [4.69, 9.17) is 16.2 Å². The zero-order chi connectivity index (χ0) is 24.5. The molecular formula is C25H26FN7O2. The fourth-order valence-corrected chi connectivity index (χ4v) is 4.55. The zero-order valence-electron chi connectivity index (χ0n) is 19.3. The molecule has 1 saturated heterocycles. The lowest BCUT2D eigenvalue weighted by Gasteiger charge is -2.26. The van der Waals surface area contributed by atoms with Gasteiger partial charge in [-0.15, -0.1) is 0 Å². The number of hydrogen-bond acceptors (Lipinski definition) is 6. The van der Waals surface area contributed by atoms with Crippen LogP contribution in [0.25, 0.3) is 27.8 Å². The largest absolute Gasteiger partial charge is 0.382 e. The van der Waals surface area contributed by atoms with E-state index in [2.05, 4.69) is 20.3 Å². The molecule has 0 unspecified atom stereocenters. The van der Waals surface area contributed by atoms with E-state index in [1.165, 1.54) is 12.4 Å². The molecular weight excluding hydrogens is 449 g/mol. The molecule has 0 aliphatic carbocycles. The van der Waals surface area contributed by atoms with E-state index in [1.54, 1.807) is 10.6 Å². The second-order valence-corrected chi connectivity index (χ2v) is 8.55. The average Bonchev–Trinajstić information content (AvgIpc) is 3.20. The average molecular weight is 476 g/mol. The van der Waals surface area contributed by atoms with Crippen molar-refractivity contribution in [2.45, 2.75) is 13.5 Å². The smallest absolute Gasteiger partial charge is 0.316 e.